The number of hydrogen-bond donors (Lipinski definition) is 0. The number of aromatic nitrogens is 2. The number of rotatable bonds is 1. The van der Waals surface area contributed by atoms with Gasteiger partial charge in [0.05, 0.1) is 22.3 Å². The van der Waals surface area contributed by atoms with Crippen molar-refractivity contribution in [1.82, 2.24) is 9.78 Å². The van der Waals surface area contributed by atoms with Crippen LogP contribution in [0, 0.1) is 12.8 Å². The predicted octanol–water partition coefficient (Wildman–Crippen LogP) is 5.31. The monoisotopic (exact) mass is 430 g/mol. The molecule has 0 N–H and O–H groups in total. The Bertz CT molecular complexity index is 1390. The van der Waals surface area contributed by atoms with Crippen molar-refractivity contribution in [2.75, 3.05) is 5.75 Å². The van der Waals surface area contributed by atoms with E-state index >= 15 is 0 Å². The molecule has 2 aliphatic heterocycles. The van der Waals surface area contributed by atoms with Crippen molar-refractivity contribution < 1.29 is 9.15 Å². The highest BCUT2D eigenvalue weighted by molar-refractivity contribution is 7.99. The molecule has 0 amide bonds. The second-order valence-electron chi connectivity index (χ2n) is 8.78. The van der Waals surface area contributed by atoms with Crippen LogP contribution in [0.3, 0.4) is 0 Å². The lowest BCUT2D eigenvalue weighted by atomic mass is 9.72. The quantitative estimate of drug-likeness (QED) is 0.409. The first-order chi connectivity index (χ1) is 15.0. The van der Waals surface area contributed by atoms with Gasteiger partial charge in [0.15, 0.2) is 0 Å². The minimum Gasteiger partial charge on any atom is -0.458 e. The molecule has 2 atom stereocenters. The summed E-state index contributed by atoms with van der Waals surface area (Å²) in [6.07, 6.45) is 0. The second kappa shape index (κ2) is 6.50. The van der Waals surface area contributed by atoms with Crippen LogP contribution in [0.25, 0.3) is 16.7 Å². The van der Waals surface area contributed by atoms with Gasteiger partial charge < -0.3 is 9.15 Å². The maximum Gasteiger partial charge on any atom is 0.293 e. The van der Waals surface area contributed by atoms with Crippen LogP contribution in [0.15, 0.2) is 68.8 Å². The lowest BCUT2D eigenvalue weighted by molar-refractivity contribution is 0.00226. The molecule has 4 aromatic rings. The van der Waals surface area contributed by atoms with E-state index < -0.39 is 5.60 Å². The summed E-state index contributed by atoms with van der Waals surface area (Å²) in [5, 5.41) is 6.58. The molecular formula is C25H22N2O3S. The van der Waals surface area contributed by atoms with Crippen LogP contribution in [-0.2, 0) is 0 Å². The minimum atomic E-state index is -0.470. The molecule has 0 unspecified atom stereocenters. The van der Waals surface area contributed by atoms with Gasteiger partial charge in [-0.2, -0.15) is 5.10 Å². The molecule has 31 heavy (non-hydrogen) atoms. The van der Waals surface area contributed by atoms with Gasteiger partial charge in [-0.05, 0) is 45.0 Å². The van der Waals surface area contributed by atoms with Crippen molar-refractivity contribution in [2.24, 2.45) is 5.92 Å². The summed E-state index contributed by atoms with van der Waals surface area (Å²) in [5.74, 6) is 1.20. The van der Waals surface area contributed by atoms with E-state index in [1.807, 2.05) is 54.1 Å². The highest BCUT2D eigenvalue weighted by atomic mass is 32.2. The molecule has 2 aromatic carbocycles. The number of para-hydroxylation sites is 2. The SMILES string of the molecule is Cc1nn(-c2ccccc2)c2c1[C@@H]1c3c(oc4ccccc4c3=O)OC(C)(C)[C@@H]1CS2. The van der Waals surface area contributed by atoms with Crippen LogP contribution in [0.5, 0.6) is 5.95 Å². The zero-order valence-electron chi connectivity index (χ0n) is 17.6. The molecule has 6 heteroatoms. The molecule has 4 heterocycles. The van der Waals surface area contributed by atoms with E-state index in [2.05, 4.69) is 26.0 Å². The first kappa shape index (κ1) is 18.8. The maximum atomic E-state index is 13.7. The first-order valence-electron chi connectivity index (χ1n) is 10.5. The highest BCUT2D eigenvalue weighted by Gasteiger charge is 2.51. The Balaban J connectivity index is 1.65. The number of ether oxygens (including phenoxy) is 1. The summed E-state index contributed by atoms with van der Waals surface area (Å²) in [5.41, 5.74) is 3.79. The topological polar surface area (TPSA) is 57.3 Å². The Hall–Kier alpha value is -2.99. The minimum absolute atomic E-state index is 0.00735. The molecule has 0 saturated carbocycles. The molecule has 6 rings (SSSR count). The van der Waals surface area contributed by atoms with Gasteiger partial charge >= 0.3 is 0 Å². The maximum absolute atomic E-state index is 13.7. The Morgan fingerprint density at radius 3 is 2.61 bits per heavy atom. The molecule has 0 spiro atoms. The molecule has 2 aromatic heterocycles. The summed E-state index contributed by atoms with van der Waals surface area (Å²) in [4.78, 5) is 13.7. The molecule has 0 radical (unpaired) electrons. The fourth-order valence-corrected chi connectivity index (χ4v) is 6.60. The average Bonchev–Trinajstić information content (AvgIpc) is 3.11. The average molecular weight is 431 g/mol. The zero-order valence-corrected chi connectivity index (χ0v) is 18.4. The van der Waals surface area contributed by atoms with E-state index in [4.69, 9.17) is 14.3 Å². The molecule has 0 fully saturated rings. The van der Waals surface area contributed by atoms with Gasteiger partial charge in [-0.15, -0.1) is 11.8 Å². The van der Waals surface area contributed by atoms with Gasteiger partial charge in [-0.25, -0.2) is 4.68 Å². The third-order valence-electron chi connectivity index (χ3n) is 6.53. The number of benzene rings is 2. The zero-order chi connectivity index (χ0) is 21.3. The number of fused-ring (bicyclic) bond motifs is 6. The van der Waals surface area contributed by atoms with Crippen LogP contribution >= 0.6 is 11.8 Å². The fourth-order valence-electron chi connectivity index (χ4n) is 4.97. The van der Waals surface area contributed by atoms with Crippen LogP contribution in [0.1, 0.15) is 36.6 Å². The highest BCUT2D eigenvalue weighted by Crippen LogP contribution is 2.55. The smallest absolute Gasteiger partial charge is 0.293 e. The number of nitrogens with zero attached hydrogens (tertiary/aromatic N) is 2. The lowest BCUT2D eigenvalue weighted by Crippen LogP contribution is -2.49. The second-order valence-corrected chi connectivity index (χ2v) is 9.79. The Morgan fingerprint density at radius 2 is 1.81 bits per heavy atom. The Morgan fingerprint density at radius 1 is 1.06 bits per heavy atom. The summed E-state index contributed by atoms with van der Waals surface area (Å²) in [6, 6.07) is 17.5. The van der Waals surface area contributed by atoms with Crippen molar-refractivity contribution >= 4 is 22.7 Å². The van der Waals surface area contributed by atoms with Gasteiger partial charge in [0.1, 0.15) is 16.2 Å². The van der Waals surface area contributed by atoms with Crippen LogP contribution in [0.2, 0.25) is 0 Å². The standard InChI is InChI=1S/C25H22N2O3S/c1-14-19-20-17(13-31-23(19)27(26-14)15-9-5-4-6-10-15)25(2,3)30-24-21(20)22(28)16-11-7-8-12-18(16)29-24/h4-12,17,20H,13H2,1-3H3/t17-,20-/m1/s1. The predicted molar refractivity (Wildman–Crippen MR) is 122 cm³/mol. The number of hydrogen-bond acceptors (Lipinski definition) is 5. The summed E-state index contributed by atoms with van der Waals surface area (Å²) < 4.78 is 14.5. The van der Waals surface area contributed by atoms with E-state index in [1.54, 1.807) is 11.8 Å². The summed E-state index contributed by atoms with van der Waals surface area (Å²) >= 11 is 1.79. The van der Waals surface area contributed by atoms with Gasteiger partial charge in [0.2, 0.25) is 5.43 Å². The van der Waals surface area contributed by atoms with Crippen molar-refractivity contribution in [3.05, 3.63) is 81.6 Å². The number of aryl methyl sites for hydroxylation is 1. The molecule has 5 nitrogen and oxygen atoms in total. The van der Waals surface area contributed by atoms with Crippen molar-refractivity contribution in [1.29, 1.82) is 0 Å². The van der Waals surface area contributed by atoms with Crippen molar-refractivity contribution in [3.63, 3.8) is 0 Å². The van der Waals surface area contributed by atoms with Gasteiger partial charge in [-0.1, -0.05) is 30.3 Å². The third kappa shape index (κ3) is 2.64. The molecule has 0 bridgehead atoms. The summed E-state index contributed by atoms with van der Waals surface area (Å²) in [7, 11) is 0. The van der Waals surface area contributed by atoms with Crippen LogP contribution in [-0.4, -0.2) is 21.1 Å². The summed E-state index contributed by atoms with van der Waals surface area (Å²) in [6.45, 7) is 6.21. The lowest BCUT2D eigenvalue weighted by Gasteiger charge is -2.45. The van der Waals surface area contributed by atoms with E-state index in [0.717, 1.165) is 27.7 Å². The van der Waals surface area contributed by atoms with Gasteiger partial charge in [-0.3, -0.25) is 4.79 Å². The fraction of sp³-hybridized carbons (Fsp3) is 0.280. The molecule has 0 aliphatic carbocycles. The van der Waals surface area contributed by atoms with Crippen LogP contribution < -0.4 is 10.2 Å². The van der Waals surface area contributed by atoms with Crippen molar-refractivity contribution in [2.45, 2.75) is 37.3 Å². The van der Waals surface area contributed by atoms with Gasteiger partial charge in [0, 0.05) is 23.2 Å². The first-order valence-corrected chi connectivity index (χ1v) is 11.5. The van der Waals surface area contributed by atoms with Crippen LogP contribution in [0.4, 0.5) is 0 Å². The number of thioether (sulfide) groups is 1. The van der Waals surface area contributed by atoms with E-state index in [1.165, 1.54) is 0 Å². The van der Waals surface area contributed by atoms with Crippen molar-refractivity contribution in [3.8, 4) is 11.6 Å². The Labute approximate surface area is 184 Å². The largest absolute Gasteiger partial charge is 0.458 e. The molecule has 0 saturated heterocycles. The molecular weight excluding hydrogens is 408 g/mol. The van der Waals surface area contributed by atoms with Gasteiger partial charge in [0.25, 0.3) is 5.95 Å². The van der Waals surface area contributed by atoms with E-state index in [-0.39, 0.29) is 17.3 Å². The Kier molecular flexibility index (Phi) is 3.93. The molecule has 2 aliphatic rings. The molecule has 156 valence electrons. The van der Waals surface area contributed by atoms with E-state index in [0.29, 0.717) is 22.5 Å². The van der Waals surface area contributed by atoms with E-state index in [9.17, 15) is 4.79 Å². The third-order valence-corrected chi connectivity index (χ3v) is 7.73. The normalized spacial score (nSPS) is 21.1.